The van der Waals surface area contributed by atoms with Crippen molar-refractivity contribution in [1.29, 1.82) is 0 Å². The summed E-state index contributed by atoms with van der Waals surface area (Å²) in [7, 11) is 1.38. The molecule has 0 saturated heterocycles. The van der Waals surface area contributed by atoms with Crippen molar-refractivity contribution >= 4 is 17.1 Å². The Kier molecular flexibility index (Phi) is 3.47. The topological polar surface area (TPSA) is 65.0 Å². The van der Waals surface area contributed by atoms with Gasteiger partial charge in [0, 0.05) is 12.3 Å². The number of nitrogens with zero attached hydrogens (tertiary/aromatic N) is 3. The lowest BCUT2D eigenvalue weighted by Gasteiger charge is -1.99. The van der Waals surface area contributed by atoms with Crippen molar-refractivity contribution in [2.75, 3.05) is 7.11 Å². The normalized spacial score (nSPS) is 11.4. The van der Waals surface area contributed by atoms with Crippen LogP contribution in [0, 0.1) is 0 Å². The van der Waals surface area contributed by atoms with Gasteiger partial charge in [0.2, 0.25) is 11.7 Å². The predicted molar refractivity (Wildman–Crippen MR) is 59.1 cm³/mol. The van der Waals surface area contributed by atoms with Crippen LogP contribution in [0.25, 0.3) is 0 Å². The summed E-state index contributed by atoms with van der Waals surface area (Å²) in [6.45, 7) is 0. The van der Waals surface area contributed by atoms with Gasteiger partial charge >= 0.3 is 6.18 Å². The molecule has 0 amide bonds. The highest BCUT2D eigenvalue weighted by Gasteiger charge is 2.35. The first-order valence-electron chi connectivity index (χ1n) is 4.87. The second-order valence-corrected chi connectivity index (χ2v) is 4.35. The van der Waals surface area contributed by atoms with E-state index in [1.165, 1.54) is 19.2 Å². The van der Waals surface area contributed by atoms with Crippen LogP contribution in [0.4, 0.5) is 13.2 Å². The molecule has 100 valence electrons. The van der Waals surface area contributed by atoms with E-state index in [0.717, 1.165) is 6.20 Å². The van der Waals surface area contributed by atoms with Crippen LogP contribution in [0.1, 0.15) is 20.4 Å². The summed E-state index contributed by atoms with van der Waals surface area (Å²) >= 11 is 0.268. The van der Waals surface area contributed by atoms with Gasteiger partial charge in [-0.3, -0.25) is 4.79 Å². The van der Waals surface area contributed by atoms with Gasteiger partial charge in [0.05, 0.1) is 12.0 Å². The van der Waals surface area contributed by atoms with Gasteiger partial charge in [0.15, 0.2) is 5.01 Å². The molecular weight excluding hydrogens is 283 g/mol. The number of halogens is 3. The maximum Gasteiger partial charge on any atom is 0.443 e. The number of rotatable bonds is 3. The quantitative estimate of drug-likeness (QED) is 0.810. The Balaban J connectivity index is 2.26. The number of hydrogen-bond donors (Lipinski definition) is 0. The fraction of sp³-hybridized carbons (Fsp3) is 0.200. The van der Waals surface area contributed by atoms with Gasteiger partial charge in [-0.05, 0) is 6.07 Å². The minimum absolute atomic E-state index is 0.0711. The molecule has 0 bridgehead atoms. The minimum Gasteiger partial charge on any atom is -0.480 e. The summed E-state index contributed by atoms with van der Waals surface area (Å²) in [4.78, 5) is 14.9. The van der Waals surface area contributed by atoms with Crippen LogP contribution in [0.3, 0.4) is 0 Å². The third-order valence-corrected chi connectivity index (χ3v) is 3.09. The maximum absolute atomic E-state index is 12.4. The van der Waals surface area contributed by atoms with Crippen LogP contribution in [0.2, 0.25) is 0 Å². The Morgan fingerprint density at radius 1 is 1.32 bits per heavy atom. The van der Waals surface area contributed by atoms with Crippen molar-refractivity contribution in [3.05, 3.63) is 33.9 Å². The Bertz CT molecular complexity index is 595. The van der Waals surface area contributed by atoms with Gasteiger partial charge in [0.25, 0.3) is 0 Å². The molecule has 5 nitrogen and oxygen atoms in total. The molecule has 2 rings (SSSR count). The zero-order valence-corrected chi connectivity index (χ0v) is 10.2. The molecule has 0 N–H and O–H groups in total. The van der Waals surface area contributed by atoms with Crippen LogP contribution in [-0.4, -0.2) is 28.1 Å². The highest BCUT2D eigenvalue weighted by atomic mass is 32.1. The van der Waals surface area contributed by atoms with Crippen LogP contribution in [-0.2, 0) is 6.18 Å². The van der Waals surface area contributed by atoms with Gasteiger partial charge in [-0.2, -0.15) is 13.2 Å². The predicted octanol–water partition coefficient (Wildman–Crippen LogP) is 2.19. The molecule has 0 fully saturated rings. The highest BCUT2D eigenvalue weighted by Crippen LogP contribution is 2.32. The minimum atomic E-state index is -4.56. The molecule has 0 atom stereocenters. The molecular formula is C10H6F3N3O2S. The first kappa shape index (κ1) is 13.4. The fourth-order valence-electron chi connectivity index (χ4n) is 1.19. The maximum atomic E-state index is 12.4. The number of ether oxygens (including phenoxy) is 1. The van der Waals surface area contributed by atoms with Crippen LogP contribution >= 0.6 is 11.3 Å². The summed E-state index contributed by atoms with van der Waals surface area (Å²) in [5.41, 5.74) is -0.0711. The molecule has 0 aliphatic heterocycles. The average molecular weight is 289 g/mol. The van der Waals surface area contributed by atoms with E-state index in [1.807, 2.05) is 0 Å². The lowest BCUT2D eigenvalue weighted by Crippen LogP contribution is -2.04. The molecule has 0 aliphatic carbocycles. The lowest BCUT2D eigenvalue weighted by atomic mass is 10.2. The number of hydrogen-bond acceptors (Lipinski definition) is 6. The number of methoxy groups -OCH3 is 1. The average Bonchev–Trinajstić information content (AvgIpc) is 2.87. The van der Waals surface area contributed by atoms with E-state index in [9.17, 15) is 18.0 Å². The second-order valence-electron chi connectivity index (χ2n) is 3.32. The van der Waals surface area contributed by atoms with Crippen molar-refractivity contribution in [3.63, 3.8) is 0 Å². The molecule has 2 aromatic rings. The van der Waals surface area contributed by atoms with Crippen LogP contribution in [0.15, 0.2) is 18.3 Å². The van der Waals surface area contributed by atoms with Crippen molar-refractivity contribution in [2.45, 2.75) is 6.18 Å². The van der Waals surface area contributed by atoms with Gasteiger partial charge in [-0.1, -0.05) is 0 Å². The molecule has 0 aliphatic rings. The Morgan fingerprint density at radius 3 is 2.53 bits per heavy atom. The molecule has 0 aromatic carbocycles. The Labute approximate surface area is 109 Å². The van der Waals surface area contributed by atoms with Gasteiger partial charge in [0.1, 0.15) is 5.69 Å². The van der Waals surface area contributed by atoms with Crippen molar-refractivity contribution in [1.82, 2.24) is 15.2 Å². The molecule has 2 heterocycles. The number of ketones is 1. The lowest BCUT2D eigenvalue weighted by molar-refractivity contribution is -0.137. The van der Waals surface area contributed by atoms with E-state index in [2.05, 4.69) is 15.2 Å². The van der Waals surface area contributed by atoms with E-state index >= 15 is 0 Å². The van der Waals surface area contributed by atoms with Crippen molar-refractivity contribution < 1.29 is 22.7 Å². The first-order valence-corrected chi connectivity index (χ1v) is 5.69. The highest BCUT2D eigenvalue weighted by molar-refractivity contribution is 7.13. The van der Waals surface area contributed by atoms with Gasteiger partial charge < -0.3 is 4.74 Å². The van der Waals surface area contributed by atoms with Crippen LogP contribution in [0.5, 0.6) is 5.88 Å². The summed E-state index contributed by atoms with van der Waals surface area (Å²) in [5, 5.41) is 6.07. The van der Waals surface area contributed by atoms with Crippen molar-refractivity contribution in [2.24, 2.45) is 0 Å². The zero-order valence-electron chi connectivity index (χ0n) is 9.43. The molecule has 0 unspecified atom stereocenters. The number of alkyl halides is 3. The van der Waals surface area contributed by atoms with Crippen LogP contribution < -0.4 is 4.74 Å². The van der Waals surface area contributed by atoms with Gasteiger partial charge in [-0.25, -0.2) is 4.98 Å². The zero-order chi connectivity index (χ0) is 14.0. The monoisotopic (exact) mass is 289 g/mol. The molecule has 2 aromatic heterocycles. The van der Waals surface area contributed by atoms with E-state index in [1.54, 1.807) is 0 Å². The summed E-state index contributed by atoms with van der Waals surface area (Å²) in [6.07, 6.45) is -3.68. The molecule has 19 heavy (non-hydrogen) atoms. The van der Waals surface area contributed by atoms with E-state index in [4.69, 9.17) is 4.74 Å². The summed E-state index contributed by atoms with van der Waals surface area (Å²) in [6, 6.07) is 2.72. The molecule has 0 radical (unpaired) electrons. The smallest absolute Gasteiger partial charge is 0.443 e. The number of thiazole rings is 1. The number of carbonyl (C=O) groups is 1. The van der Waals surface area contributed by atoms with Crippen molar-refractivity contribution in [3.8, 4) is 5.88 Å². The van der Waals surface area contributed by atoms with E-state index in [0.29, 0.717) is 0 Å². The second kappa shape index (κ2) is 4.92. The standard InChI is InChI=1S/C10H6F3N3O2S/c1-18-7-3-2-5(15-16-7)8(17)6-4-14-9(19-6)10(11,12)13/h2-4H,1H3. The van der Waals surface area contributed by atoms with E-state index < -0.39 is 17.0 Å². The first-order chi connectivity index (χ1) is 8.91. The molecule has 0 saturated carbocycles. The Hall–Kier alpha value is -2.03. The SMILES string of the molecule is COc1ccc(C(=O)c2cnc(C(F)(F)F)s2)nn1. The molecule has 9 heteroatoms. The van der Waals surface area contributed by atoms with E-state index in [-0.39, 0.29) is 27.8 Å². The molecule has 0 spiro atoms. The largest absolute Gasteiger partial charge is 0.480 e. The fourth-order valence-corrected chi connectivity index (χ4v) is 1.92. The summed E-state index contributed by atoms with van der Waals surface area (Å²) in [5.74, 6) is -0.458. The third kappa shape index (κ3) is 2.87. The Morgan fingerprint density at radius 2 is 2.05 bits per heavy atom. The third-order valence-electron chi connectivity index (χ3n) is 2.05. The van der Waals surface area contributed by atoms with Gasteiger partial charge in [-0.15, -0.1) is 21.5 Å². The summed E-state index contributed by atoms with van der Waals surface area (Å²) < 4.78 is 41.8. The number of aromatic nitrogens is 3. The number of carbonyl (C=O) groups excluding carboxylic acids is 1.